The van der Waals surface area contributed by atoms with Gasteiger partial charge in [0.1, 0.15) is 6.61 Å². The average molecular weight is 368 g/mol. The molecule has 0 aliphatic carbocycles. The summed E-state index contributed by atoms with van der Waals surface area (Å²) in [5.41, 5.74) is 1.04. The van der Waals surface area contributed by atoms with Crippen LogP contribution in [0.1, 0.15) is 44.1 Å². The van der Waals surface area contributed by atoms with Gasteiger partial charge in [0.25, 0.3) is 0 Å². The summed E-state index contributed by atoms with van der Waals surface area (Å²) >= 11 is 3.47. The largest absolute Gasteiger partial charge is 0.445 e. The Bertz CT molecular complexity index is 438. The summed E-state index contributed by atoms with van der Waals surface area (Å²) in [5, 5.41) is 1.09. The summed E-state index contributed by atoms with van der Waals surface area (Å²) in [6, 6.07) is 9.86. The number of unbranched alkanes of at least 4 members (excludes halogenated alkanes) is 2. The van der Waals surface area contributed by atoms with Crippen LogP contribution in [0.4, 0.5) is 4.79 Å². The highest BCUT2D eigenvalue weighted by Crippen LogP contribution is 2.23. The second-order valence-corrected chi connectivity index (χ2v) is 6.83. The smallest absolute Gasteiger partial charge is 0.410 e. The number of piperidine rings is 1. The third-order valence-electron chi connectivity index (χ3n) is 4.23. The standard InChI is InChI=1S/C18H26BrNO2/c19-12-6-2-5-8-16-11-7-13-20(14-16)18(21)22-15-17-9-3-1-4-10-17/h1,3-4,9-10,16H,2,5-8,11-15H2. The molecule has 1 heterocycles. The lowest BCUT2D eigenvalue weighted by Gasteiger charge is -2.32. The number of hydrogen-bond acceptors (Lipinski definition) is 2. The highest BCUT2D eigenvalue weighted by molar-refractivity contribution is 9.09. The van der Waals surface area contributed by atoms with Crippen LogP contribution in [0.5, 0.6) is 0 Å². The van der Waals surface area contributed by atoms with Gasteiger partial charge in [0, 0.05) is 18.4 Å². The zero-order chi connectivity index (χ0) is 15.6. The summed E-state index contributed by atoms with van der Waals surface area (Å²) in [7, 11) is 0. The molecular formula is C18H26BrNO2. The van der Waals surface area contributed by atoms with Crippen LogP contribution in [-0.2, 0) is 11.3 Å². The summed E-state index contributed by atoms with van der Waals surface area (Å²) < 4.78 is 5.44. The van der Waals surface area contributed by atoms with Crippen LogP contribution >= 0.6 is 15.9 Å². The lowest BCUT2D eigenvalue weighted by atomic mass is 9.93. The van der Waals surface area contributed by atoms with E-state index in [2.05, 4.69) is 15.9 Å². The van der Waals surface area contributed by atoms with Gasteiger partial charge in [-0.15, -0.1) is 0 Å². The van der Waals surface area contributed by atoms with Crippen LogP contribution in [0.15, 0.2) is 30.3 Å². The number of amides is 1. The second-order valence-electron chi connectivity index (χ2n) is 6.03. The molecule has 1 aromatic carbocycles. The normalized spacial score (nSPS) is 18.2. The first-order valence-corrected chi connectivity index (χ1v) is 9.43. The predicted molar refractivity (Wildman–Crippen MR) is 93.2 cm³/mol. The fourth-order valence-corrected chi connectivity index (χ4v) is 3.38. The van der Waals surface area contributed by atoms with Crippen molar-refractivity contribution in [3.05, 3.63) is 35.9 Å². The molecule has 1 unspecified atom stereocenters. The summed E-state index contributed by atoms with van der Waals surface area (Å²) in [6.45, 7) is 2.07. The molecule has 1 aliphatic heterocycles. The van der Waals surface area contributed by atoms with Gasteiger partial charge in [-0.2, -0.15) is 0 Å². The fraction of sp³-hybridized carbons (Fsp3) is 0.611. The quantitative estimate of drug-likeness (QED) is 0.501. The molecule has 1 atom stereocenters. The van der Waals surface area contributed by atoms with Gasteiger partial charge in [-0.1, -0.05) is 59.1 Å². The zero-order valence-corrected chi connectivity index (χ0v) is 14.8. The minimum atomic E-state index is -0.158. The maximum absolute atomic E-state index is 12.2. The SMILES string of the molecule is O=C(OCc1ccccc1)N1CCCC(CCCCCBr)C1. The molecule has 1 aliphatic rings. The van der Waals surface area contributed by atoms with Crippen molar-refractivity contribution in [1.29, 1.82) is 0 Å². The molecule has 0 N–H and O–H groups in total. The van der Waals surface area contributed by atoms with Gasteiger partial charge in [0.15, 0.2) is 0 Å². The molecule has 3 nitrogen and oxygen atoms in total. The van der Waals surface area contributed by atoms with Crippen LogP contribution in [0.25, 0.3) is 0 Å². The average Bonchev–Trinajstić information content (AvgIpc) is 2.58. The zero-order valence-electron chi connectivity index (χ0n) is 13.2. The molecule has 0 spiro atoms. The van der Waals surface area contributed by atoms with Gasteiger partial charge in [-0.05, 0) is 37.2 Å². The number of benzene rings is 1. The summed E-state index contributed by atoms with van der Waals surface area (Å²) in [5.74, 6) is 0.647. The van der Waals surface area contributed by atoms with Gasteiger partial charge in [-0.25, -0.2) is 4.79 Å². The molecule has 4 heteroatoms. The van der Waals surface area contributed by atoms with E-state index in [-0.39, 0.29) is 6.09 Å². The van der Waals surface area contributed by atoms with E-state index in [9.17, 15) is 4.79 Å². The van der Waals surface area contributed by atoms with Crippen molar-refractivity contribution >= 4 is 22.0 Å². The molecule has 2 rings (SSSR count). The Morgan fingerprint density at radius 1 is 1.23 bits per heavy atom. The van der Waals surface area contributed by atoms with Crippen molar-refractivity contribution in [2.24, 2.45) is 5.92 Å². The third-order valence-corrected chi connectivity index (χ3v) is 4.79. The van der Waals surface area contributed by atoms with Gasteiger partial charge in [0.2, 0.25) is 0 Å². The lowest BCUT2D eigenvalue weighted by molar-refractivity contribution is 0.0776. The van der Waals surface area contributed by atoms with Gasteiger partial charge in [-0.3, -0.25) is 0 Å². The number of nitrogens with zero attached hydrogens (tertiary/aromatic N) is 1. The van der Waals surface area contributed by atoms with Crippen LogP contribution < -0.4 is 0 Å². The number of likely N-dealkylation sites (tertiary alicyclic amines) is 1. The maximum atomic E-state index is 12.2. The molecule has 1 fully saturated rings. The van der Waals surface area contributed by atoms with Crippen LogP contribution in [0.2, 0.25) is 0 Å². The molecule has 0 saturated carbocycles. The number of hydrogen-bond donors (Lipinski definition) is 0. The molecular weight excluding hydrogens is 342 g/mol. The first-order chi connectivity index (χ1) is 10.8. The van der Waals surface area contributed by atoms with E-state index in [4.69, 9.17) is 4.74 Å². The number of rotatable bonds is 7. The van der Waals surface area contributed by atoms with Crippen LogP contribution in [0.3, 0.4) is 0 Å². The molecule has 1 aromatic rings. The summed E-state index contributed by atoms with van der Waals surface area (Å²) in [4.78, 5) is 14.1. The van der Waals surface area contributed by atoms with Crippen molar-refractivity contribution < 1.29 is 9.53 Å². The number of alkyl halides is 1. The van der Waals surface area contributed by atoms with Crippen molar-refractivity contribution in [2.75, 3.05) is 18.4 Å². The molecule has 0 radical (unpaired) electrons. The minimum Gasteiger partial charge on any atom is -0.445 e. The lowest BCUT2D eigenvalue weighted by Crippen LogP contribution is -2.40. The Balaban J connectivity index is 1.70. The summed E-state index contributed by atoms with van der Waals surface area (Å²) in [6.07, 6.45) is 7.21. The van der Waals surface area contributed by atoms with E-state index in [1.54, 1.807) is 0 Å². The van der Waals surface area contributed by atoms with Crippen LogP contribution in [0, 0.1) is 5.92 Å². The maximum Gasteiger partial charge on any atom is 0.410 e. The predicted octanol–water partition coefficient (Wildman–Crippen LogP) is 4.99. The van der Waals surface area contributed by atoms with E-state index in [0.29, 0.717) is 12.5 Å². The number of halogens is 1. The number of carbonyl (C=O) groups excluding carboxylic acids is 1. The molecule has 0 bridgehead atoms. The van der Waals surface area contributed by atoms with E-state index in [1.807, 2.05) is 35.2 Å². The Morgan fingerprint density at radius 2 is 2.05 bits per heavy atom. The van der Waals surface area contributed by atoms with E-state index < -0.39 is 0 Å². The van der Waals surface area contributed by atoms with Crippen molar-refractivity contribution in [3.8, 4) is 0 Å². The minimum absolute atomic E-state index is 0.158. The van der Waals surface area contributed by atoms with E-state index in [0.717, 1.165) is 30.4 Å². The fourth-order valence-electron chi connectivity index (χ4n) is 2.98. The highest BCUT2D eigenvalue weighted by atomic mass is 79.9. The molecule has 122 valence electrons. The van der Waals surface area contributed by atoms with Gasteiger partial charge < -0.3 is 9.64 Å². The molecule has 1 saturated heterocycles. The third kappa shape index (κ3) is 5.99. The first-order valence-electron chi connectivity index (χ1n) is 8.31. The molecule has 0 aromatic heterocycles. The highest BCUT2D eigenvalue weighted by Gasteiger charge is 2.24. The van der Waals surface area contributed by atoms with Crippen molar-refractivity contribution in [2.45, 2.75) is 45.1 Å². The Morgan fingerprint density at radius 3 is 2.82 bits per heavy atom. The Kier molecular flexibility index (Phi) is 7.78. The number of ether oxygens (including phenoxy) is 1. The van der Waals surface area contributed by atoms with Crippen molar-refractivity contribution in [3.63, 3.8) is 0 Å². The monoisotopic (exact) mass is 367 g/mol. The number of carbonyl (C=O) groups is 1. The Labute approximate surface area is 142 Å². The topological polar surface area (TPSA) is 29.5 Å². The van der Waals surface area contributed by atoms with Gasteiger partial charge in [0.05, 0.1) is 0 Å². The Hall–Kier alpha value is -1.03. The van der Waals surface area contributed by atoms with E-state index in [1.165, 1.54) is 32.1 Å². The second kappa shape index (κ2) is 9.88. The first kappa shape index (κ1) is 17.3. The van der Waals surface area contributed by atoms with Crippen molar-refractivity contribution in [1.82, 2.24) is 4.90 Å². The molecule has 1 amide bonds. The van der Waals surface area contributed by atoms with E-state index >= 15 is 0 Å². The molecule has 22 heavy (non-hydrogen) atoms. The van der Waals surface area contributed by atoms with Gasteiger partial charge >= 0.3 is 6.09 Å². The van der Waals surface area contributed by atoms with Crippen LogP contribution in [-0.4, -0.2) is 29.4 Å².